The molecule has 0 spiro atoms. The zero-order valence-corrected chi connectivity index (χ0v) is 7.85. The number of nitrogens with one attached hydrogen (secondary N) is 1. The van der Waals surface area contributed by atoms with Crippen LogP contribution < -0.4 is 5.32 Å². The Morgan fingerprint density at radius 1 is 1.38 bits per heavy atom. The van der Waals surface area contributed by atoms with Crippen molar-refractivity contribution in [3.8, 4) is 0 Å². The predicted octanol–water partition coefficient (Wildman–Crippen LogP) is 0.630. The number of halogens is 2. The second-order valence-electron chi connectivity index (χ2n) is 2.80. The number of aliphatic hydroxyl groups excluding tert-OH is 1. The highest BCUT2D eigenvalue weighted by Gasteiger charge is 2.26. The number of aliphatic hydroxyl groups is 1. The second kappa shape index (κ2) is 7.17. The summed E-state index contributed by atoms with van der Waals surface area (Å²) in [5, 5.41) is 10.7. The molecule has 0 saturated heterocycles. The van der Waals surface area contributed by atoms with Crippen molar-refractivity contribution in [3.63, 3.8) is 0 Å². The molecule has 0 atom stereocenters. The molecule has 3 nitrogen and oxygen atoms in total. The van der Waals surface area contributed by atoms with Gasteiger partial charge in [0.1, 0.15) is 6.61 Å². The molecule has 0 aromatic rings. The van der Waals surface area contributed by atoms with Gasteiger partial charge in [-0.15, -0.1) is 0 Å². The fourth-order valence-corrected chi connectivity index (χ4v) is 0.718. The third-order valence-corrected chi connectivity index (χ3v) is 1.39. The van der Waals surface area contributed by atoms with E-state index in [0.29, 0.717) is 19.8 Å². The smallest absolute Gasteiger partial charge is 0.282 e. The highest BCUT2D eigenvalue weighted by molar-refractivity contribution is 4.66. The van der Waals surface area contributed by atoms with E-state index in [1.807, 2.05) is 6.92 Å². The number of hydrogen-bond acceptors (Lipinski definition) is 3. The van der Waals surface area contributed by atoms with E-state index >= 15 is 0 Å². The van der Waals surface area contributed by atoms with Gasteiger partial charge in [0.15, 0.2) is 0 Å². The second-order valence-corrected chi connectivity index (χ2v) is 2.80. The number of rotatable bonds is 8. The lowest BCUT2D eigenvalue weighted by molar-refractivity contribution is -0.0482. The van der Waals surface area contributed by atoms with Crippen molar-refractivity contribution in [2.45, 2.75) is 19.3 Å². The summed E-state index contributed by atoms with van der Waals surface area (Å²) in [5.41, 5.74) is 0. The van der Waals surface area contributed by atoms with Crippen LogP contribution in [0.3, 0.4) is 0 Å². The molecule has 0 aliphatic carbocycles. The highest BCUT2D eigenvalue weighted by Crippen LogP contribution is 2.09. The average Bonchev–Trinajstić information content (AvgIpc) is 2.11. The van der Waals surface area contributed by atoms with Crippen LogP contribution in [0, 0.1) is 0 Å². The maximum Gasteiger partial charge on any atom is 0.282 e. The van der Waals surface area contributed by atoms with Crippen LogP contribution in [0.5, 0.6) is 0 Å². The molecule has 80 valence electrons. The van der Waals surface area contributed by atoms with Crippen LogP contribution in [0.4, 0.5) is 8.78 Å². The number of ether oxygens (including phenoxy) is 1. The first-order valence-electron chi connectivity index (χ1n) is 4.39. The molecule has 0 aliphatic heterocycles. The molecule has 0 aromatic heterocycles. The highest BCUT2D eigenvalue weighted by atomic mass is 19.3. The van der Waals surface area contributed by atoms with E-state index in [-0.39, 0.29) is 0 Å². The van der Waals surface area contributed by atoms with Gasteiger partial charge in [0.05, 0.1) is 13.2 Å². The van der Waals surface area contributed by atoms with Crippen molar-refractivity contribution in [2.75, 3.05) is 32.9 Å². The molecule has 0 saturated carbocycles. The maximum absolute atomic E-state index is 12.4. The molecule has 0 aromatic carbocycles. The summed E-state index contributed by atoms with van der Waals surface area (Å²) < 4.78 is 29.8. The standard InChI is InChI=1S/C8H17F2NO2/c1-2-4-13-5-3-11-6-8(9,10)7-12/h11-12H,2-7H2,1H3. The lowest BCUT2D eigenvalue weighted by Crippen LogP contribution is -2.37. The van der Waals surface area contributed by atoms with E-state index < -0.39 is 19.1 Å². The molecule has 0 bridgehead atoms. The summed E-state index contributed by atoms with van der Waals surface area (Å²) in [6, 6.07) is 0. The van der Waals surface area contributed by atoms with Crippen LogP contribution in [-0.2, 0) is 4.74 Å². The van der Waals surface area contributed by atoms with Gasteiger partial charge in [0.2, 0.25) is 0 Å². The predicted molar refractivity (Wildman–Crippen MR) is 46.0 cm³/mol. The molecule has 0 fully saturated rings. The first-order valence-corrected chi connectivity index (χ1v) is 4.39. The van der Waals surface area contributed by atoms with Crippen molar-refractivity contribution >= 4 is 0 Å². The minimum Gasteiger partial charge on any atom is -0.390 e. The van der Waals surface area contributed by atoms with E-state index in [1.165, 1.54) is 0 Å². The Kier molecular flexibility index (Phi) is 7.03. The fraction of sp³-hybridized carbons (Fsp3) is 1.00. The molecule has 0 heterocycles. The molecular weight excluding hydrogens is 180 g/mol. The lowest BCUT2D eigenvalue weighted by Gasteiger charge is -2.13. The van der Waals surface area contributed by atoms with Gasteiger partial charge in [-0.3, -0.25) is 0 Å². The summed E-state index contributed by atoms with van der Waals surface area (Å²) in [4.78, 5) is 0. The van der Waals surface area contributed by atoms with Crippen LogP contribution in [0.1, 0.15) is 13.3 Å². The van der Waals surface area contributed by atoms with Gasteiger partial charge in [-0.05, 0) is 6.42 Å². The Morgan fingerprint density at radius 2 is 2.08 bits per heavy atom. The van der Waals surface area contributed by atoms with Gasteiger partial charge < -0.3 is 15.2 Å². The molecule has 0 unspecified atom stereocenters. The van der Waals surface area contributed by atoms with Crippen LogP contribution in [0.25, 0.3) is 0 Å². The van der Waals surface area contributed by atoms with Crippen molar-refractivity contribution in [1.29, 1.82) is 0 Å². The number of hydrogen-bond donors (Lipinski definition) is 2. The van der Waals surface area contributed by atoms with Crippen LogP contribution in [0.15, 0.2) is 0 Å². The lowest BCUT2D eigenvalue weighted by atomic mass is 10.3. The fourth-order valence-electron chi connectivity index (χ4n) is 0.718. The van der Waals surface area contributed by atoms with E-state index in [9.17, 15) is 8.78 Å². The summed E-state index contributed by atoms with van der Waals surface area (Å²) in [7, 11) is 0. The number of alkyl halides is 2. The van der Waals surface area contributed by atoms with Crippen LogP contribution in [-0.4, -0.2) is 43.9 Å². The summed E-state index contributed by atoms with van der Waals surface area (Å²) >= 11 is 0. The van der Waals surface area contributed by atoms with Crippen LogP contribution in [0.2, 0.25) is 0 Å². The van der Waals surface area contributed by atoms with Crippen molar-refractivity contribution in [1.82, 2.24) is 5.32 Å². The van der Waals surface area contributed by atoms with Gasteiger partial charge in [-0.25, -0.2) is 8.78 Å². The molecule has 5 heteroatoms. The zero-order chi connectivity index (χ0) is 10.2. The molecule has 2 N–H and O–H groups in total. The SMILES string of the molecule is CCCOCCNCC(F)(F)CO. The monoisotopic (exact) mass is 197 g/mol. The minimum atomic E-state index is -3.02. The molecule has 13 heavy (non-hydrogen) atoms. The van der Waals surface area contributed by atoms with Gasteiger partial charge in [0, 0.05) is 13.2 Å². The molecule has 0 aliphatic rings. The average molecular weight is 197 g/mol. The minimum absolute atomic E-state index is 0.385. The maximum atomic E-state index is 12.4. The van der Waals surface area contributed by atoms with E-state index in [4.69, 9.17) is 9.84 Å². The largest absolute Gasteiger partial charge is 0.390 e. The first-order chi connectivity index (χ1) is 6.12. The zero-order valence-electron chi connectivity index (χ0n) is 7.85. The van der Waals surface area contributed by atoms with Gasteiger partial charge >= 0.3 is 0 Å². The summed E-state index contributed by atoms with van der Waals surface area (Å²) in [6.45, 7) is 1.82. The summed E-state index contributed by atoms with van der Waals surface area (Å²) in [6.07, 6.45) is 0.923. The third-order valence-electron chi connectivity index (χ3n) is 1.39. The quantitative estimate of drug-likeness (QED) is 0.561. The van der Waals surface area contributed by atoms with Gasteiger partial charge in [-0.1, -0.05) is 6.92 Å². The van der Waals surface area contributed by atoms with Gasteiger partial charge in [0.25, 0.3) is 5.92 Å². The topological polar surface area (TPSA) is 41.5 Å². The Hall–Kier alpha value is -0.260. The molecule has 0 amide bonds. The van der Waals surface area contributed by atoms with E-state index in [0.717, 1.165) is 6.42 Å². The van der Waals surface area contributed by atoms with Crippen molar-refractivity contribution in [2.24, 2.45) is 0 Å². The van der Waals surface area contributed by atoms with Crippen molar-refractivity contribution < 1.29 is 18.6 Å². The third kappa shape index (κ3) is 8.08. The van der Waals surface area contributed by atoms with Crippen molar-refractivity contribution in [3.05, 3.63) is 0 Å². The Bertz CT molecular complexity index is 123. The van der Waals surface area contributed by atoms with E-state index in [2.05, 4.69) is 5.32 Å². The summed E-state index contributed by atoms with van der Waals surface area (Å²) in [5.74, 6) is -3.02. The first kappa shape index (κ1) is 12.7. The van der Waals surface area contributed by atoms with E-state index in [1.54, 1.807) is 0 Å². The Morgan fingerprint density at radius 3 is 2.62 bits per heavy atom. The normalized spacial score (nSPS) is 12.0. The Labute approximate surface area is 77.1 Å². The van der Waals surface area contributed by atoms with Gasteiger partial charge in [-0.2, -0.15) is 0 Å². The molecule has 0 radical (unpaired) electrons. The Balaban J connectivity index is 3.16. The molecular formula is C8H17F2NO2. The van der Waals surface area contributed by atoms with Crippen LogP contribution >= 0.6 is 0 Å². The molecule has 0 rings (SSSR count).